The summed E-state index contributed by atoms with van der Waals surface area (Å²) in [6.07, 6.45) is 4.20. The van der Waals surface area contributed by atoms with Gasteiger partial charge in [-0.2, -0.15) is 0 Å². The van der Waals surface area contributed by atoms with Crippen molar-refractivity contribution in [2.45, 2.75) is 33.2 Å². The molecule has 0 fully saturated rings. The fourth-order valence-corrected chi connectivity index (χ4v) is 1.63. The van der Waals surface area contributed by atoms with Crippen molar-refractivity contribution in [3.63, 3.8) is 0 Å². The molecule has 1 aromatic carbocycles. The van der Waals surface area contributed by atoms with Crippen LogP contribution < -0.4 is 14.8 Å². The van der Waals surface area contributed by atoms with Gasteiger partial charge in [-0.05, 0) is 44.0 Å². The van der Waals surface area contributed by atoms with Crippen LogP contribution in [0.3, 0.4) is 0 Å². The number of methoxy groups -OCH3 is 1. The molecule has 0 aliphatic rings. The van der Waals surface area contributed by atoms with Crippen LogP contribution in [0.1, 0.15) is 32.8 Å². The van der Waals surface area contributed by atoms with Crippen molar-refractivity contribution in [2.24, 2.45) is 0 Å². The van der Waals surface area contributed by atoms with Gasteiger partial charge in [0, 0.05) is 12.1 Å². The maximum Gasteiger partial charge on any atom is 0.244 e. The third-order valence-corrected chi connectivity index (χ3v) is 2.92. The van der Waals surface area contributed by atoms with Gasteiger partial charge in [0.2, 0.25) is 5.91 Å². The Hall–Kier alpha value is -1.97. The highest BCUT2D eigenvalue weighted by Gasteiger charge is 2.05. The van der Waals surface area contributed by atoms with Gasteiger partial charge in [-0.25, -0.2) is 0 Å². The summed E-state index contributed by atoms with van der Waals surface area (Å²) >= 11 is 0. The van der Waals surface area contributed by atoms with Crippen molar-refractivity contribution in [1.82, 2.24) is 5.32 Å². The molecule has 1 N–H and O–H groups in total. The van der Waals surface area contributed by atoms with Gasteiger partial charge in [0.05, 0.1) is 13.7 Å². The zero-order valence-electron chi connectivity index (χ0n) is 12.6. The third kappa shape index (κ3) is 4.96. The number of carbonyl (C=O) groups excluding carboxylic acids is 1. The molecule has 110 valence electrons. The average Bonchev–Trinajstić information content (AvgIpc) is 2.46. The molecule has 1 atom stereocenters. The van der Waals surface area contributed by atoms with Crippen molar-refractivity contribution in [1.29, 1.82) is 0 Å². The van der Waals surface area contributed by atoms with Crippen LogP contribution in [0.25, 0.3) is 6.08 Å². The summed E-state index contributed by atoms with van der Waals surface area (Å²) in [5.41, 5.74) is 0.893. The smallest absolute Gasteiger partial charge is 0.244 e. The van der Waals surface area contributed by atoms with Crippen molar-refractivity contribution >= 4 is 12.0 Å². The molecule has 4 heteroatoms. The van der Waals surface area contributed by atoms with E-state index in [4.69, 9.17) is 9.47 Å². The number of amides is 1. The Balaban J connectivity index is 2.75. The second kappa shape index (κ2) is 8.25. The summed E-state index contributed by atoms with van der Waals surface area (Å²) in [5.74, 6) is 1.28. The van der Waals surface area contributed by atoms with E-state index in [9.17, 15) is 4.79 Å². The van der Waals surface area contributed by atoms with Crippen LogP contribution in [0.15, 0.2) is 24.3 Å². The van der Waals surface area contributed by atoms with Gasteiger partial charge in [0.15, 0.2) is 11.5 Å². The van der Waals surface area contributed by atoms with E-state index in [1.54, 1.807) is 13.2 Å². The van der Waals surface area contributed by atoms with Crippen LogP contribution in [0.2, 0.25) is 0 Å². The summed E-state index contributed by atoms with van der Waals surface area (Å²) in [4.78, 5) is 11.7. The number of hydrogen-bond acceptors (Lipinski definition) is 3. The van der Waals surface area contributed by atoms with E-state index >= 15 is 0 Å². The van der Waals surface area contributed by atoms with Crippen molar-refractivity contribution in [3.8, 4) is 11.5 Å². The predicted molar refractivity (Wildman–Crippen MR) is 81.1 cm³/mol. The molecule has 20 heavy (non-hydrogen) atoms. The van der Waals surface area contributed by atoms with Gasteiger partial charge >= 0.3 is 0 Å². The molecular weight excluding hydrogens is 254 g/mol. The Morgan fingerprint density at radius 1 is 1.35 bits per heavy atom. The molecule has 1 amide bonds. The average molecular weight is 277 g/mol. The second-order valence-corrected chi connectivity index (χ2v) is 4.49. The molecule has 0 aliphatic heterocycles. The van der Waals surface area contributed by atoms with E-state index in [-0.39, 0.29) is 11.9 Å². The first-order valence-electron chi connectivity index (χ1n) is 6.90. The second-order valence-electron chi connectivity index (χ2n) is 4.49. The quantitative estimate of drug-likeness (QED) is 0.779. The number of ether oxygens (including phenoxy) is 2. The SMILES string of the molecule is CCOc1ccc(C=CC(=O)NC(C)CC)cc1OC. The van der Waals surface area contributed by atoms with Crippen LogP contribution in [0.5, 0.6) is 11.5 Å². The van der Waals surface area contributed by atoms with Gasteiger partial charge in [-0.3, -0.25) is 4.79 Å². The molecule has 0 spiro atoms. The number of hydrogen-bond donors (Lipinski definition) is 1. The molecule has 1 unspecified atom stereocenters. The van der Waals surface area contributed by atoms with Crippen LogP contribution >= 0.6 is 0 Å². The highest BCUT2D eigenvalue weighted by atomic mass is 16.5. The Labute approximate surface area is 120 Å². The lowest BCUT2D eigenvalue weighted by molar-refractivity contribution is -0.117. The molecule has 0 aromatic heterocycles. The lowest BCUT2D eigenvalue weighted by Crippen LogP contribution is -2.30. The fourth-order valence-electron chi connectivity index (χ4n) is 1.63. The van der Waals surface area contributed by atoms with Gasteiger partial charge < -0.3 is 14.8 Å². The summed E-state index contributed by atoms with van der Waals surface area (Å²) in [7, 11) is 1.60. The fraction of sp³-hybridized carbons (Fsp3) is 0.438. The van der Waals surface area contributed by atoms with Crippen LogP contribution in [-0.4, -0.2) is 25.7 Å². The van der Waals surface area contributed by atoms with E-state index < -0.39 is 0 Å². The standard InChI is InChI=1S/C16H23NO3/c1-5-12(3)17-16(18)10-8-13-7-9-14(20-6-2)15(11-13)19-4/h7-12H,5-6H2,1-4H3,(H,17,18). The summed E-state index contributed by atoms with van der Waals surface area (Å²) < 4.78 is 10.7. The van der Waals surface area contributed by atoms with Crippen molar-refractivity contribution in [3.05, 3.63) is 29.8 Å². The maximum absolute atomic E-state index is 11.7. The molecule has 0 saturated heterocycles. The van der Waals surface area contributed by atoms with Gasteiger partial charge in [0.25, 0.3) is 0 Å². The van der Waals surface area contributed by atoms with Crippen molar-refractivity contribution in [2.75, 3.05) is 13.7 Å². The largest absolute Gasteiger partial charge is 0.493 e. The Kier molecular flexibility index (Phi) is 6.64. The molecule has 4 nitrogen and oxygen atoms in total. The maximum atomic E-state index is 11.7. The van der Waals surface area contributed by atoms with Gasteiger partial charge in [-0.15, -0.1) is 0 Å². The van der Waals surface area contributed by atoms with E-state index in [0.717, 1.165) is 12.0 Å². The molecule has 1 rings (SSSR count). The number of rotatable bonds is 7. The minimum absolute atomic E-state index is 0.0906. The molecule has 1 aromatic rings. The Bertz CT molecular complexity index is 469. The minimum atomic E-state index is -0.0906. The topological polar surface area (TPSA) is 47.6 Å². The summed E-state index contributed by atoms with van der Waals surface area (Å²) in [6, 6.07) is 5.76. The molecule has 0 saturated carbocycles. The van der Waals surface area contributed by atoms with Crippen LogP contribution in [-0.2, 0) is 4.79 Å². The highest BCUT2D eigenvalue weighted by Crippen LogP contribution is 2.28. The first kappa shape index (κ1) is 16.1. The minimum Gasteiger partial charge on any atom is -0.493 e. The summed E-state index contributed by atoms with van der Waals surface area (Å²) in [6.45, 7) is 6.52. The lowest BCUT2D eigenvalue weighted by Gasteiger charge is -2.10. The molecule has 0 heterocycles. The Morgan fingerprint density at radius 2 is 2.10 bits per heavy atom. The van der Waals surface area contributed by atoms with Crippen LogP contribution in [0, 0.1) is 0 Å². The van der Waals surface area contributed by atoms with Gasteiger partial charge in [-0.1, -0.05) is 13.0 Å². The van der Waals surface area contributed by atoms with E-state index in [1.165, 1.54) is 6.08 Å². The molecule has 0 bridgehead atoms. The third-order valence-electron chi connectivity index (χ3n) is 2.92. The van der Waals surface area contributed by atoms with E-state index in [2.05, 4.69) is 5.32 Å². The zero-order chi connectivity index (χ0) is 15.0. The van der Waals surface area contributed by atoms with Crippen LogP contribution in [0.4, 0.5) is 0 Å². The van der Waals surface area contributed by atoms with Crippen molar-refractivity contribution < 1.29 is 14.3 Å². The monoisotopic (exact) mass is 277 g/mol. The first-order valence-corrected chi connectivity index (χ1v) is 6.90. The number of benzene rings is 1. The molecular formula is C16H23NO3. The molecule has 0 aliphatic carbocycles. The number of carbonyl (C=O) groups is 1. The van der Waals surface area contributed by atoms with E-state index in [0.29, 0.717) is 18.1 Å². The Morgan fingerprint density at radius 3 is 2.70 bits per heavy atom. The highest BCUT2D eigenvalue weighted by molar-refractivity contribution is 5.91. The predicted octanol–water partition coefficient (Wildman–Crippen LogP) is 3.02. The summed E-state index contributed by atoms with van der Waals surface area (Å²) in [5, 5.41) is 2.88. The number of nitrogens with one attached hydrogen (secondary N) is 1. The first-order chi connectivity index (χ1) is 9.60. The van der Waals surface area contributed by atoms with Gasteiger partial charge in [0.1, 0.15) is 0 Å². The normalized spacial score (nSPS) is 12.2. The zero-order valence-corrected chi connectivity index (χ0v) is 12.6. The van der Waals surface area contributed by atoms with E-state index in [1.807, 2.05) is 39.0 Å². The lowest BCUT2D eigenvalue weighted by atomic mass is 10.2. The molecule has 0 radical (unpaired) electrons.